The van der Waals surface area contributed by atoms with Crippen LogP contribution in [0.1, 0.15) is 26.5 Å². The third-order valence-corrected chi connectivity index (χ3v) is 4.23. The van der Waals surface area contributed by atoms with Crippen LogP contribution in [0.2, 0.25) is 0 Å². The van der Waals surface area contributed by atoms with Crippen molar-refractivity contribution in [1.29, 1.82) is 0 Å². The largest absolute Gasteiger partial charge is 0.384 e. The van der Waals surface area contributed by atoms with Crippen LogP contribution in [0.3, 0.4) is 0 Å². The van der Waals surface area contributed by atoms with Gasteiger partial charge in [0.2, 0.25) is 0 Å². The highest BCUT2D eigenvalue weighted by atomic mass is 32.2. The Morgan fingerprint density at radius 2 is 1.77 bits per heavy atom. The van der Waals surface area contributed by atoms with Gasteiger partial charge in [-0.15, -0.1) is 0 Å². The first-order valence-corrected chi connectivity index (χ1v) is 7.92. The topological polar surface area (TPSA) is 89.2 Å². The Hall–Kier alpha value is -2.41. The van der Waals surface area contributed by atoms with Crippen LogP contribution in [0.25, 0.3) is 0 Å². The fourth-order valence-corrected chi connectivity index (χ4v) is 3.02. The molecule has 1 aromatic carbocycles. The lowest BCUT2D eigenvalue weighted by molar-refractivity contribution is 0.0664. The highest BCUT2D eigenvalue weighted by molar-refractivity contribution is 7.98. The van der Waals surface area contributed by atoms with Gasteiger partial charge in [-0.1, -0.05) is 12.1 Å². The number of amides is 2. The Labute approximate surface area is 131 Å². The lowest BCUT2D eigenvalue weighted by Crippen LogP contribution is -2.31. The van der Waals surface area contributed by atoms with Crippen molar-refractivity contribution in [2.24, 2.45) is 0 Å². The van der Waals surface area contributed by atoms with Crippen LogP contribution in [-0.2, 0) is 5.75 Å². The number of rotatable bonds is 5. The Bertz CT molecular complexity index is 700. The van der Waals surface area contributed by atoms with Gasteiger partial charge in [0, 0.05) is 18.5 Å². The highest BCUT2D eigenvalue weighted by Crippen LogP contribution is 2.22. The fourth-order valence-electron chi connectivity index (χ4n) is 2.25. The zero-order chi connectivity index (χ0) is 15.5. The Kier molecular flexibility index (Phi) is 4.06. The van der Waals surface area contributed by atoms with Crippen molar-refractivity contribution in [2.45, 2.75) is 5.75 Å². The number of nitrogen functional groups attached to an aromatic ring is 1. The second kappa shape index (κ2) is 6.15. The van der Waals surface area contributed by atoms with Gasteiger partial charge in [-0.3, -0.25) is 14.5 Å². The van der Waals surface area contributed by atoms with Gasteiger partial charge >= 0.3 is 0 Å². The minimum Gasteiger partial charge on any atom is -0.384 e. The molecule has 0 radical (unpaired) electrons. The minimum absolute atomic E-state index is 0.221. The van der Waals surface area contributed by atoms with Crippen molar-refractivity contribution in [3.8, 4) is 0 Å². The van der Waals surface area contributed by atoms with Gasteiger partial charge < -0.3 is 5.73 Å². The quantitative estimate of drug-likeness (QED) is 0.666. The molecular formula is C15H14N4O2S. The Morgan fingerprint density at radius 3 is 2.41 bits per heavy atom. The number of aromatic nitrogens is 2. The molecule has 7 heteroatoms. The molecule has 2 amide bonds. The van der Waals surface area contributed by atoms with Crippen molar-refractivity contribution in [1.82, 2.24) is 14.9 Å². The van der Waals surface area contributed by atoms with Gasteiger partial charge in [-0.2, -0.15) is 11.8 Å². The summed E-state index contributed by atoms with van der Waals surface area (Å²) >= 11 is 1.56. The second-order valence-corrected chi connectivity index (χ2v) is 5.86. The Morgan fingerprint density at radius 1 is 1.09 bits per heavy atom. The number of carbonyl (C=O) groups is 2. The summed E-state index contributed by atoms with van der Waals surface area (Å²) in [5.74, 6) is 1.86. The van der Waals surface area contributed by atoms with E-state index in [-0.39, 0.29) is 11.8 Å². The lowest BCUT2D eigenvalue weighted by Gasteiger charge is -2.13. The molecule has 0 fully saturated rings. The molecule has 0 saturated carbocycles. The summed E-state index contributed by atoms with van der Waals surface area (Å²) in [5.41, 5.74) is 6.56. The minimum atomic E-state index is -0.221. The number of hydrogen-bond acceptors (Lipinski definition) is 6. The molecule has 6 nitrogen and oxygen atoms in total. The van der Waals surface area contributed by atoms with Crippen LogP contribution >= 0.6 is 11.8 Å². The van der Waals surface area contributed by atoms with Crippen LogP contribution in [0.15, 0.2) is 36.5 Å². The number of fused-ring (bicyclic) bond motifs is 1. The first-order valence-electron chi connectivity index (χ1n) is 6.77. The van der Waals surface area contributed by atoms with Crippen molar-refractivity contribution in [2.75, 3.05) is 18.0 Å². The number of benzene rings is 1. The van der Waals surface area contributed by atoms with E-state index in [1.807, 2.05) is 0 Å². The number of nitrogens with two attached hydrogens (primary N) is 1. The van der Waals surface area contributed by atoms with Gasteiger partial charge in [0.15, 0.2) is 0 Å². The number of imide groups is 1. The number of carbonyl (C=O) groups excluding carboxylic acids is 2. The van der Waals surface area contributed by atoms with Crippen LogP contribution in [0.5, 0.6) is 0 Å². The molecule has 112 valence electrons. The van der Waals surface area contributed by atoms with E-state index in [1.54, 1.807) is 48.3 Å². The zero-order valence-corrected chi connectivity index (χ0v) is 12.5. The standard InChI is InChI=1S/C15H14N4O2S/c16-12-5-6-17-13(18-12)9-22-8-7-19-14(20)10-3-1-2-4-11(10)15(19)21/h1-6H,7-9H2,(H2,16,17,18). The van der Waals surface area contributed by atoms with E-state index >= 15 is 0 Å². The van der Waals surface area contributed by atoms with Crippen LogP contribution in [0, 0.1) is 0 Å². The number of anilines is 1. The summed E-state index contributed by atoms with van der Waals surface area (Å²) in [7, 11) is 0. The summed E-state index contributed by atoms with van der Waals surface area (Å²) in [6.07, 6.45) is 1.61. The molecular weight excluding hydrogens is 300 g/mol. The van der Waals surface area contributed by atoms with Crippen molar-refractivity contribution in [3.05, 3.63) is 53.5 Å². The maximum absolute atomic E-state index is 12.2. The van der Waals surface area contributed by atoms with Crippen molar-refractivity contribution in [3.63, 3.8) is 0 Å². The normalized spacial score (nSPS) is 13.5. The van der Waals surface area contributed by atoms with E-state index in [2.05, 4.69) is 9.97 Å². The molecule has 2 N–H and O–H groups in total. The lowest BCUT2D eigenvalue weighted by atomic mass is 10.1. The maximum Gasteiger partial charge on any atom is 0.261 e. The third kappa shape index (κ3) is 2.80. The average Bonchev–Trinajstić information content (AvgIpc) is 2.77. The zero-order valence-electron chi connectivity index (χ0n) is 11.7. The summed E-state index contributed by atoms with van der Waals surface area (Å²) < 4.78 is 0. The maximum atomic E-state index is 12.2. The van der Waals surface area contributed by atoms with Crippen LogP contribution in [-0.4, -0.2) is 39.0 Å². The molecule has 3 rings (SSSR count). The van der Waals surface area contributed by atoms with Crippen LogP contribution < -0.4 is 5.73 Å². The van der Waals surface area contributed by atoms with E-state index in [4.69, 9.17) is 5.73 Å². The number of thioether (sulfide) groups is 1. The monoisotopic (exact) mass is 314 g/mol. The molecule has 0 unspecified atom stereocenters. The van der Waals surface area contributed by atoms with E-state index in [0.29, 0.717) is 40.8 Å². The average molecular weight is 314 g/mol. The number of hydrogen-bond donors (Lipinski definition) is 1. The van der Waals surface area contributed by atoms with Crippen molar-refractivity contribution >= 4 is 29.4 Å². The molecule has 1 aromatic heterocycles. The smallest absolute Gasteiger partial charge is 0.261 e. The predicted molar refractivity (Wildman–Crippen MR) is 84.4 cm³/mol. The predicted octanol–water partition coefficient (Wildman–Crippen LogP) is 1.59. The van der Waals surface area contributed by atoms with E-state index < -0.39 is 0 Å². The summed E-state index contributed by atoms with van der Waals surface area (Å²) in [6.45, 7) is 0.374. The highest BCUT2D eigenvalue weighted by Gasteiger charge is 2.34. The summed E-state index contributed by atoms with van der Waals surface area (Å²) in [4.78, 5) is 33.8. The third-order valence-electron chi connectivity index (χ3n) is 3.30. The molecule has 2 aromatic rings. The van der Waals surface area contributed by atoms with Gasteiger partial charge in [0.05, 0.1) is 16.9 Å². The molecule has 0 spiro atoms. The number of nitrogens with zero attached hydrogens (tertiary/aromatic N) is 3. The molecule has 0 bridgehead atoms. The fraction of sp³-hybridized carbons (Fsp3) is 0.200. The van der Waals surface area contributed by atoms with E-state index in [1.165, 1.54) is 4.90 Å². The SMILES string of the molecule is Nc1ccnc(CSCCN2C(=O)c3ccccc3C2=O)n1. The van der Waals surface area contributed by atoms with E-state index in [9.17, 15) is 9.59 Å². The van der Waals surface area contributed by atoms with Gasteiger partial charge in [-0.05, 0) is 18.2 Å². The molecule has 22 heavy (non-hydrogen) atoms. The molecule has 2 heterocycles. The van der Waals surface area contributed by atoms with Gasteiger partial charge in [0.1, 0.15) is 11.6 Å². The van der Waals surface area contributed by atoms with Gasteiger partial charge in [-0.25, -0.2) is 9.97 Å². The van der Waals surface area contributed by atoms with Gasteiger partial charge in [0.25, 0.3) is 11.8 Å². The summed E-state index contributed by atoms with van der Waals surface area (Å²) in [6, 6.07) is 8.53. The molecule has 0 aliphatic carbocycles. The van der Waals surface area contributed by atoms with E-state index in [0.717, 1.165) is 0 Å². The van der Waals surface area contributed by atoms with Crippen LogP contribution in [0.4, 0.5) is 5.82 Å². The molecule has 0 saturated heterocycles. The summed E-state index contributed by atoms with van der Waals surface area (Å²) in [5, 5.41) is 0. The molecule has 1 aliphatic heterocycles. The molecule has 0 atom stereocenters. The first-order chi connectivity index (χ1) is 10.7. The first kappa shape index (κ1) is 14.5. The molecule has 1 aliphatic rings. The second-order valence-electron chi connectivity index (χ2n) is 4.76. The Balaban J connectivity index is 1.55. The van der Waals surface area contributed by atoms with Crippen molar-refractivity contribution < 1.29 is 9.59 Å².